The van der Waals surface area contributed by atoms with Gasteiger partial charge < -0.3 is 15.4 Å². The van der Waals surface area contributed by atoms with Crippen LogP contribution in [0.25, 0.3) is 0 Å². The minimum atomic E-state index is 0.173. The minimum Gasteiger partial charge on any atom is -0.385 e. The van der Waals surface area contributed by atoms with Crippen molar-refractivity contribution < 1.29 is 9.53 Å². The van der Waals surface area contributed by atoms with E-state index in [1.165, 1.54) is 0 Å². The number of hydrogen-bond acceptors (Lipinski definition) is 3. The summed E-state index contributed by atoms with van der Waals surface area (Å²) in [5, 5.41) is 6.26. The van der Waals surface area contributed by atoms with Crippen LogP contribution in [-0.4, -0.2) is 38.8 Å². The first kappa shape index (κ1) is 11.5. The molecule has 1 rings (SSSR count). The van der Waals surface area contributed by atoms with Gasteiger partial charge in [0.1, 0.15) is 0 Å². The predicted octanol–water partition coefficient (Wildman–Crippen LogP) is 0.281. The van der Waals surface area contributed by atoms with Crippen LogP contribution in [0, 0.1) is 0 Å². The van der Waals surface area contributed by atoms with Gasteiger partial charge >= 0.3 is 0 Å². The second-order valence-corrected chi connectivity index (χ2v) is 3.69. The molecule has 1 aliphatic rings. The van der Waals surface area contributed by atoms with Crippen molar-refractivity contribution in [2.75, 3.05) is 26.8 Å². The molecule has 82 valence electrons. The SMILES string of the molecule is COCCCNC1CCCNC(=O)C1. The van der Waals surface area contributed by atoms with Crippen LogP contribution in [0.2, 0.25) is 0 Å². The maximum Gasteiger partial charge on any atom is 0.221 e. The zero-order chi connectivity index (χ0) is 10.2. The fourth-order valence-electron chi connectivity index (χ4n) is 1.67. The van der Waals surface area contributed by atoms with Crippen LogP contribution in [0.4, 0.5) is 0 Å². The molecule has 0 aromatic heterocycles. The molecule has 1 amide bonds. The van der Waals surface area contributed by atoms with Gasteiger partial charge in [0.25, 0.3) is 0 Å². The van der Waals surface area contributed by atoms with Gasteiger partial charge in [-0.05, 0) is 25.8 Å². The van der Waals surface area contributed by atoms with Crippen molar-refractivity contribution in [1.29, 1.82) is 0 Å². The summed E-state index contributed by atoms with van der Waals surface area (Å²) in [6.45, 7) is 2.55. The second-order valence-electron chi connectivity index (χ2n) is 3.69. The molecule has 1 aliphatic heterocycles. The van der Waals surface area contributed by atoms with Gasteiger partial charge in [0, 0.05) is 32.7 Å². The van der Waals surface area contributed by atoms with E-state index >= 15 is 0 Å². The Bertz CT molecular complexity index is 174. The van der Waals surface area contributed by atoms with Crippen LogP contribution >= 0.6 is 0 Å². The van der Waals surface area contributed by atoms with Gasteiger partial charge in [-0.2, -0.15) is 0 Å². The fraction of sp³-hybridized carbons (Fsp3) is 0.900. The molecule has 2 N–H and O–H groups in total. The maximum atomic E-state index is 11.2. The minimum absolute atomic E-state index is 0.173. The van der Waals surface area contributed by atoms with Crippen molar-refractivity contribution in [2.45, 2.75) is 31.7 Å². The second kappa shape index (κ2) is 6.79. The summed E-state index contributed by atoms with van der Waals surface area (Å²) in [4.78, 5) is 11.2. The highest BCUT2D eigenvalue weighted by atomic mass is 16.5. The van der Waals surface area contributed by atoms with E-state index in [1.54, 1.807) is 7.11 Å². The third-order valence-corrected chi connectivity index (χ3v) is 2.44. The zero-order valence-electron chi connectivity index (χ0n) is 8.84. The molecule has 0 bridgehead atoms. The van der Waals surface area contributed by atoms with E-state index in [-0.39, 0.29) is 5.91 Å². The third kappa shape index (κ3) is 4.58. The molecule has 0 aromatic carbocycles. The van der Waals surface area contributed by atoms with Crippen LogP contribution in [-0.2, 0) is 9.53 Å². The quantitative estimate of drug-likeness (QED) is 0.627. The van der Waals surface area contributed by atoms with Crippen molar-refractivity contribution >= 4 is 5.91 Å². The standard InChI is InChI=1S/C10H20N2O2/c1-14-7-3-6-11-9-4-2-5-12-10(13)8-9/h9,11H,2-8H2,1H3,(H,12,13). The molecule has 14 heavy (non-hydrogen) atoms. The molecule has 0 aromatic rings. The average Bonchev–Trinajstić information content (AvgIpc) is 2.38. The van der Waals surface area contributed by atoms with Crippen LogP contribution < -0.4 is 10.6 Å². The Kier molecular flexibility index (Phi) is 5.56. The molecule has 4 heteroatoms. The Labute approximate surface area is 85.4 Å². The van der Waals surface area contributed by atoms with E-state index in [1.807, 2.05) is 0 Å². The first-order valence-corrected chi connectivity index (χ1v) is 5.32. The van der Waals surface area contributed by atoms with Crippen molar-refractivity contribution in [3.63, 3.8) is 0 Å². The van der Waals surface area contributed by atoms with Gasteiger partial charge in [0.15, 0.2) is 0 Å². The summed E-state index contributed by atoms with van der Waals surface area (Å²) in [7, 11) is 1.71. The first-order chi connectivity index (χ1) is 6.83. The number of rotatable bonds is 5. The monoisotopic (exact) mass is 200 g/mol. The number of nitrogens with one attached hydrogen (secondary N) is 2. The lowest BCUT2D eigenvalue weighted by molar-refractivity contribution is -0.121. The topological polar surface area (TPSA) is 50.4 Å². The lowest BCUT2D eigenvalue weighted by atomic mass is 10.1. The van der Waals surface area contributed by atoms with Crippen molar-refractivity contribution in [2.24, 2.45) is 0 Å². The smallest absolute Gasteiger partial charge is 0.221 e. The predicted molar refractivity (Wildman–Crippen MR) is 55.1 cm³/mol. The molecule has 1 saturated heterocycles. The Morgan fingerprint density at radius 3 is 3.29 bits per heavy atom. The summed E-state index contributed by atoms with van der Waals surface area (Å²) < 4.78 is 4.96. The van der Waals surface area contributed by atoms with E-state index in [0.717, 1.165) is 39.0 Å². The van der Waals surface area contributed by atoms with Crippen LogP contribution in [0.5, 0.6) is 0 Å². The lowest BCUT2D eigenvalue weighted by Crippen LogP contribution is -2.33. The highest BCUT2D eigenvalue weighted by molar-refractivity contribution is 5.76. The molecular weight excluding hydrogens is 180 g/mol. The number of hydrogen-bond donors (Lipinski definition) is 2. The first-order valence-electron chi connectivity index (χ1n) is 5.32. The summed E-state index contributed by atoms with van der Waals surface area (Å²) in [6.07, 6.45) is 3.79. The van der Waals surface area contributed by atoms with Gasteiger partial charge in [-0.15, -0.1) is 0 Å². The summed E-state index contributed by atoms with van der Waals surface area (Å²) in [5.74, 6) is 0.173. The number of carbonyl (C=O) groups excluding carboxylic acids is 1. The normalized spacial score (nSPS) is 22.9. The molecule has 1 atom stereocenters. The molecule has 0 saturated carbocycles. The van der Waals surface area contributed by atoms with E-state index in [9.17, 15) is 4.79 Å². The molecule has 0 aliphatic carbocycles. The highest BCUT2D eigenvalue weighted by Gasteiger charge is 2.15. The largest absolute Gasteiger partial charge is 0.385 e. The van der Waals surface area contributed by atoms with Gasteiger partial charge in [-0.25, -0.2) is 0 Å². The number of methoxy groups -OCH3 is 1. The van der Waals surface area contributed by atoms with Crippen molar-refractivity contribution in [3.8, 4) is 0 Å². The van der Waals surface area contributed by atoms with Crippen molar-refractivity contribution in [1.82, 2.24) is 10.6 Å². The van der Waals surface area contributed by atoms with E-state index in [4.69, 9.17) is 4.74 Å². The average molecular weight is 200 g/mol. The van der Waals surface area contributed by atoms with Gasteiger partial charge in [-0.1, -0.05) is 0 Å². The number of carbonyl (C=O) groups is 1. The Morgan fingerprint density at radius 1 is 1.64 bits per heavy atom. The highest BCUT2D eigenvalue weighted by Crippen LogP contribution is 2.05. The summed E-state index contributed by atoms with van der Waals surface area (Å²) in [6, 6.07) is 0.356. The molecule has 0 spiro atoms. The maximum absolute atomic E-state index is 11.2. The number of ether oxygens (including phenoxy) is 1. The number of amides is 1. The van der Waals surface area contributed by atoms with E-state index in [2.05, 4.69) is 10.6 Å². The van der Waals surface area contributed by atoms with Crippen molar-refractivity contribution in [3.05, 3.63) is 0 Å². The van der Waals surface area contributed by atoms with Crippen LogP contribution in [0.1, 0.15) is 25.7 Å². The Balaban J connectivity index is 2.12. The molecular formula is C10H20N2O2. The van der Waals surface area contributed by atoms with Crippen LogP contribution in [0.3, 0.4) is 0 Å². The lowest BCUT2D eigenvalue weighted by Gasteiger charge is -2.14. The van der Waals surface area contributed by atoms with E-state index < -0.39 is 0 Å². The van der Waals surface area contributed by atoms with Gasteiger partial charge in [0.2, 0.25) is 5.91 Å². The molecule has 1 unspecified atom stereocenters. The molecule has 1 fully saturated rings. The zero-order valence-corrected chi connectivity index (χ0v) is 8.84. The molecule has 4 nitrogen and oxygen atoms in total. The van der Waals surface area contributed by atoms with Gasteiger partial charge in [-0.3, -0.25) is 4.79 Å². The van der Waals surface area contributed by atoms with Crippen LogP contribution in [0.15, 0.2) is 0 Å². The fourth-order valence-corrected chi connectivity index (χ4v) is 1.67. The molecule has 1 heterocycles. The third-order valence-electron chi connectivity index (χ3n) is 2.44. The van der Waals surface area contributed by atoms with E-state index in [0.29, 0.717) is 12.5 Å². The Hall–Kier alpha value is -0.610. The summed E-state index contributed by atoms with van der Waals surface area (Å²) in [5.41, 5.74) is 0. The molecule has 0 radical (unpaired) electrons. The Morgan fingerprint density at radius 2 is 2.50 bits per heavy atom. The summed E-state index contributed by atoms with van der Waals surface area (Å²) >= 11 is 0. The van der Waals surface area contributed by atoms with Gasteiger partial charge in [0.05, 0.1) is 0 Å².